The second-order valence-electron chi connectivity index (χ2n) is 4.37. The quantitative estimate of drug-likeness (QED) is 0.615. The molecule has 0 aliphatic rings. The molecule has 0 unspecified atom stereocenters. The van der Waals surface area contributed by atoms with Gasteiger partial charge in [-0.2, -0.15) is 0 Å². The Morgan fingerprint density at radius 3 is 2.73 bits per heavy atom. The number of aromatic nitrogens is 1. The molecular formula is C16H11BrN2OS2. The van der Waals surface area contributed by atoms with E-state index in [1.165, 1.54) is 17.4 Å². The molecule has 1 N–H and O–H groups in total. The van der Waals surface area contributed by atoms with Gasteiger partial charge in [-0.25, -0.2) is 4.98 Å². The van der Waals surface area contributed by atoms with Crippen LogP contribution in [0.25, 0.3) is 16.6 Å². The molecule has 3 aromatic rings. The van der Waals surface area contributed by atoms with E-state index in [0.717, 1.165) is 19.9 Å². The maximum absolute atomic E-state index is 11.9. The number of amides is 1. The number of anilines is 1. The smallest absolute Gasteiger partial charge is 0.250 e. The second kappa shape index (κ2) is 7.00. The maximum Gasteiger partial charge on any atom is 0.250 e. The third-order valence-corrected chi connectivity index (χ3v) is 5.19. The van der Waals surface area contributed by atoms with Crippen LogP contribution in [-0.4, -0.2) is 10.9 Å². The molecular weight excluding hydrogens is 380 g/mol. The summed E-state index contributed by atoms with van der Waals surface area (Å²) in [7, 11) is 0. The Bertz CT molecular complexity index is 808. The van der Waals surface area contributed by atoms with E-state index in [1.807, 2.05) is 47.8 Å². The summed E-state index contributed by atoms with van der Waals surface area (Å²) in [5, 5.41) is 5.32. The zero-order valence-corrected chi connectivity index (χ0v) is 14.5. The van der Waals surface area contributed by atoms with Crippen LogP contribution in [0.1, 0.15) is 5.56 Å². The van der Waals surface area contributed by atoms with E-state index in [4.69, 9.17) is 0 Å². The SMILES string of the molecule is O=C(C=Cc1ccccc1)Nc1nc(-c2ccc(Br)s2)cs1. The topological polar surface area (TPSA) is 42.0 Å². The molecule has 0 spiro atoms. The van der Waals surface area contributed by atoms with Crippen LogP contribution in [0.15, 0.2) is 57.7 Å². The Hall–Kier alpha value is -1.76. The van der Waals surface area contributed by atoms with Crippen molar-refractivity contribution in [3.63, 3.8) is 0 Å². The van der Waals surface area contributed by atoms with Crippen molar-refractivity contribution in [2.24, 2.45) is 0 Å². The monoisotopic (exact) mass is 390 g/mol. The lowest BCUT2D eigenvalue weighted by Gasteiger charge is -1.96. The number of benzene rings is 1. The van der Waals surface area contributed by atoms with Gasteiger partial charge in [0.1, 0.15) is 0 Å². The van der Waals surface area contributed by atoms with Crippen molar-refractivity contribution in [1.82, 2.24) is 4.98 Å². The van der Waals surface area contributed by atoms with Crippen LogP contribution in [-0.2, 0) is 4.79 Å². The van der Waals surface area contributed by atoms with E-state index in [1.54, 1.807) is 17.4 Å². The molecule has 3 rings (SSSR count). The Morgan fingerprint density at radius 1 is 1.18 bits per heavy atom. The molecule has 2 aromatic heterocycles. The summed E-state index contributed by atoms with van der Waals surface area (Å²) in [6.45, 7) is 0. The average Bonchev–Trinajstić information content (AvgIpc) is 3.15. The molecule has 2 heterocycles. The minimum atomic E-state index is -0.183. The van der Waals surface area contributed by atoms with Crippen LogP contribution >= 0.6 is 38.6 Å². The molecule has 3 nitrogen and oxygen atoms in total. The van der Waals surface area contributed by atoms with Gasteiger partial charge in [0.15, 0.2) is 5.13 Å². The molecule has 110 valence electrons. The Kier molecular flexibility index (Phi) is 4.82. The predicted octanol–water partition coefficient (Wildman–Crippen LogP) is 5.29. The minimum absolute atomic E-state index is 0.183. The summed E-state index contributed by atoms with van der Waals surface area (Å²) < 4.78 is 1.06. The number of carbonyl (C=O) groups excluding carboxylic acids is 1. The first kappa shape index (κ1) is 15.1. The molecule has 6 heteroatoms. The second-order valence-corrected chi connectivity index (χ2v) is 7.70. The molecule has 22 heavy (non-hydrogen) atoms. The molecule has 0 aliphatic carbocycles. The van der Waals surface area contributed by atoms with Crippen molar-refractivity contribution in [2.45, 2.75) is 0 Å². The van der Waals surface area contributed by atoms with Crippen molar-refractivity contribution in [3.8, 4) is 10.6 Å². The summed E-state index contributed by atoms with van der Waals surface area (Å²) in [6.07, 6.45) is 3.29. The van der Waals surface area contributed by atoms with Gasteiger partial charge in [-0.15, -0.1) is 22.7 Å². The number of halogens is 1. The number of thiophene rings is 1. The highest BCUT2D eigenvalue weighted by Crippen LogP contribution is 2.32. The third kappa shape index (κ3) is 3.91. The molecule has 0 fully saturated rings. The summed E-state index contributed by atoms with van der Waals surface area (Å²) >= 11 is 6.47. The number of hydrogen-bond donors (Lipinski definition) is 1. The highest BCUT2D eigenvalue weighted by Gasteiger charge is 2.08. The van der Waals surface area contributed by atoms with Gasteiger partial charge in [0.25, 0.3) is 0 Å². The standard InChI is InChI=1S/C16H11BrN2OS2/c17-14-8-7-13(22-14)12-10-21-16(18-12)19-15(20)9-6-11-4-2-1-3-5-11/h1-10H,(H,18,19,20). The van der Waals surface area contributed by atoms with Crippen molar-refractivity contribution >= 4 is 55.7 Å². The highest BCUT2D eigenvalue weighted by atomic mass is 79.9. The third-order valence-electron chi connectivity index (χ3n) is 2.79. The lowest BCUT2D eigenvalue weighted by atomic mass is 10.2. The van der Waals surface area contributed by atoms with Crippen LogP contribution < -0.4 is 5.32 Å². The molecule has 0 atom stereocenters. The Labute approximate surface area is 144 Å². The molecule has 0 aliphatic heterocycles. The molecule has 0 bridgehead atoms. The van der Waals surface area contributed by atoms with Gasteiger partial charge < -0.3 is 0 Å². The summed E-state index contributed by atoms with van der Waals surface area (Å²) in [5.41, 5.74) is 1.86. The fourth-order valence-electron chi connectivity index (χ4n) is 1.78. The van der Waals surface area contributed by atoms with Gasteiger partial charge in [0, 0.05) is 11.5 Å². The fraction of sp³-hybridized carbons (Fsp3) is 0. The van der Waals surface area contributed by atoms with E-state index >= 15 is 0 Å². The normalized spacial score (nSPS) is 11.0. The van der Waals surface area contributed by atoms with Crippen LogP contribution in [0.5, 0.6) is 0 Å². The fourth-order valence-corrected chi connectivity index (χ4v) is 3.91. The van der Waals surface area contributed by atoms with Crippen molar-refractivity contribution in [2.75, 3.05) is 5.32 Å². The van der Waals surface area contributed by atoms with E-state index < -0.39 is 0 Å². The number of nitrogens with zero attached hydrogens (tertiary/aromatic N) is 1. The van der Waals surface area contributed by atoms with Crippen molar-refractivity contribution < 1.29 is 4.79 Å². The first-order valence-corrected chi connectivity index (χ1v) is 8.95. The number of carbonyl (C=O) groups is 1. The first-order chi connectivity index (χ1) is 10.7. The zero-order valence-electron chi connectivity index (χ0n) is 11.3. The van der Waals surface area contributed by atoms with Crippen molar-refractivity contribution in [3.05, 3.63) is 63.3 Å². The van der Waals surface area contributed by atoms with Gasteiger partial charge in [0.2, 0.25) is 5.91 Å². The zero-order chi connectivity index (χ0) is 15.4. The van der Waals surface area contributed by atoms with Crippen LogP contribution in [0.3, 0.4) is 0 Å². The van der Waals surface area contributed by atoms with E-state index in [2.05, 4.69) is 26.2 Å². The lowest BCUT2D eigenvalue weighted by Crippen LogP contribution is -2.07. The van der Waals surface area contributed by atoms with Gasteiger partial charge in [-0.05, 0) is 39.7 Å². The Morgan fingerprint density at radius 2 is 2.00 bits per heavy atom. The van der Waals surface area contributed by atoms with E-state index in [9.17, 15) is 4.79 Å². The van der Waals surface area contributed by atoms with Gasteiger partial charge in [0.05, 0.1) is 14.4 Å². The van der Waals surface area contributed by atoms with Crippen molar-refractivity contribution in [1.29, 1.82) is 0 Å². The number of thiazole rings is 1. The first-order valence-electron chi connectivity index (χ1n) is 6.46. The summed E-state index contributed by atoms with van der Waals surface area (Å²) in [6, 6.07) is 13.7. The van der Waals surface area contributed by atoms with Gasteiger partial charge in [-0.3, -0.25) is 10.1 Å². The number of hydrogen-bond acceptors (Lipinski definition) is 4. The molecule has 0 radical (unpaired) electrons. The van der Waals surface area contributed by atoms with Crippen LogP contribution in [0.2, 0.25) is 0 Å². The molecule has 0 saturated carbocycles. The molecule has 1 amide bonds. The largest absolute Gasteiger partial charge is 0.298 e. The maximum atomic E-state index is 11.9. The van der Waals surface area contributed by atoms with E-state index in [0.29, 0.717) is 5.13 Å². The van der Waals surface area contributed by atoms with E-state index in [-0.39, 0.29) is 5.91 Å². The summed E-state index contributed by atoms with van der Waals surface area (Å²) in [4.78, 5) is 17.4. The molecule has 0 saturated heterocycles. The predicted molar refractivity (Wildman–Crippen MR) is 97.2 cm³/mol. The Balaban J connectivity index is 1.65. The number of nitrogens with one attached hydrogen (secondary N) is 1. The summed E-state index contributed by atoms with van der Waals surface area (Å²) in [5.74, 6) is -0.183. The van der Waals surface area contributed by atoms with Gasteiger partial charge >= 0.3 is 0 Å². The number of rotatable bonds is 4. The molecule has 1 aromatic carbocycles. The average molecular weight is 391 g/mol. The van der Waals surface area contributed by atoms with Crippen LogP contribution in [0, 0.1) is 0 Å². The minimum Gasteiger partial charge on any atom is -0.298 e. The van der Waals surface area contributed by atoms with Gasteiger partial charge in [-0.1, -0.05) is 30.3 Å². The highest BCUT2D eigenvalue weighted by molar-refractivity contribution is 9.11. The lowest BCUT2D eigenvalue weighted by molar-refractivity contribution is -0.111. The van der Waals surface area contributed by atoms with Crippen LogP contribution in [0.4, 0.5) is 5.13 Å².